The first-order valence-electron chi connectivity index (χ1n) is 8.23. The second-order valence-electron chi connectivity index (χ2n) is 6.12. The van der Waals surface area contributed by atoms with Crippen molar-refractivity contribution < 1.29 is 17.9 Å². The van der Waals surface area contributed by atoms with E-state index in [0.29, 0.717) is 42.5 Å². The fourth-order valence-electron chi connectivity index (χ4n) is 2.71. The predicted octanol–water partition coefficient (Wildman–Crippen LogP) is 3.58. The van der Waals surface area contributed by atoms with E-state index in [9.17, 15) is 13.2 Å². The Hall–Kier alpha value is -1.80. The molecule has 1 N–H and O–H groups in total. The Bertz CT molecular complexity index is 973. The number of carbonyl (C=O) groups excluding carboxylic acids is 1. The number of sulfonamides is 1. The van der Waals surface area contributed by atoms with Crippen molar-refractivity contribution in [1.82, 2.24) is 4.90 Å². The van der Waals surface area contributed by atoms with Crippen LogP contribution in [0.2, 0.25) is 10.0 Å². The molecule has 0 atom stereocenters. The Balaban J connectivity index is 1.89. The van der Waals surface area contributed by atoms with Crippen molar-refractivity contribution in [2.24, 2.45) is 0 Å². The fraction of sp³-hybridized carbons (Fsp3) is 0.278. The third kappa shape index (κ3) is 4.55. The Morgan fingerprint density at radius 3 is 2.44 bits per heavy atom. The molecule has 27 heavy (non-hydrogen) atoms. The molecule has 0 spiro atoms. The SMILES string of the molecule is Cc1ccc(S(=O)(=O)Nc2ccc(Cl)c(Cl)c2)cc1C(=O)N1CCOCC1. The van der Waals surface area contributed by atoms with Crippen molar-refractivity contribution in [2.45, 2.75) is 11.8 Å². The molecule has 0 aromatic heterocycles. The molecular weight excluding hydrogens is 411 g/mol. The fourth-order valence-corrected chi connectivity index (χ4v) is 4.08. The maximum Gasteiger partial charge on any atom is 0.261 e. The summed E-state index contributed by atoms with van der Waals surface area (Å²) in [5.74, 6) is -0.206. The van der Waals surface area contributed by atoms with Crippen LogP contribution in [0.25, 0.3) is 0 Å². The van der Waals surface area contributed by atoms with Crippen LogP contribution in [0, 0.1) is 6.92 Å². The smallest absolute Gasteiger partial charge is 0.261 e. The van der Waals surface area contributed by atoms with Crippen LogP contribution in [0.15, 0.2) is 41.3 Å². The number of carbonyl (C=O) groups is 1. The van der Waals surface area contributed by atoms with E-state index in [2.05, 4.69) is 4.72 Å². The number of morpholine rings is 1. The van der Waals surface area contributed by atoms with E-state index in [1.165, 1.54) is 30.3 Å². The predicted molar refractivity (Wildman–Crippen MR) is 105 cm³/mol. The number of aryl methyl sites for hydroxylation is 1. The average Bonchev–Trinajstić information content (AvgIpc) is 2.65. The van der Waals surface area contributed by atoms with Crippen LogP contribution in [0.5, 0.6) is 0 Å². The topological polar surface area (TPSA) is 75.7 Å². The third-order valence-corrected chi connectivity index (χ3v) is 6.34. The summed E-state index contributed by atoms with van der Waals surface area (Å²) in [6.07, 6.45) is 0. The normalized spacial score (nSPS) is 14.9. The quantitative estimate of drug-likeness (QED) is 0.807. The van der Waals surface area contributed by atoms with Gasteiger partial charge in [0.05, 0.1) is 33.8 Å². The number of rotatable bonds is 4. The summed E-state index contributed by atoms with van der Waals surface area (Å²) in [6, 6.07) is 8.93. The minimum absolute atomic E-state index is 0.00391. The van der Waals surface area contributed by atoms with Gasteiger partial charge in [-0.2, -0.15) is 0 Å². The van der Waals surface area contributed by atoms with E-state index in [0.717, 1.165) is 0 Å². The molecule has 1 aliphatic heterocycles. The molecule has 0 unspecified atom stereocenters. The number of anilines is 1. The van der Waals surface area contributed by atoms with Crippen molar-refractivity contribution in [2.75, 3.05) is 31.0 Å². The highest BCUT2D eigenvalue weighted by Crippen LogP contribution is 2.27. The molecule has 1 heterocycles. The summed E-state index contributed by atoms with van der Waals surface area (Å²) in [7, 11) is -3.89. The van der Waals surface area contributed by atoms with E-state index >= 15 is 0 Å². The highest BCUT2D eigenvalue weighted by molar-refractivity contribution is 7.92. The van der Waals surface area contributed by atoms with Gasteiger partial charge in [0.15, 0.2) is 0 Å². The molecule has 1 fully saturated rings. The summed E-state index contributed by atoms with van der Waals surface area (Å²) >= 11 is 11.8. The molecule has 2 aromatic carbocycles. The van der Waals surface area contributed by atoms with Crippen molar-refractivity contribution in [1.29, 1.82) is 0 Å². The average molecular weight is 429 g/mol. The van der Waals surface area contributed by atoms with Crippen LogP contribution >= 0.6 is 23.2 Å². The zero-order valence-electron chi connectivity index (χ0n) is 14.5. The van der Waals surface area contributed by atoms with Gasteiger partial charge in [-0.1, -0.05) is 29.3 Å². The van der Waals surface area contributed by atoms with Crippen LogP contribution < -0.4 is 4.72 Å². The second kappa shape index (κ2) is 8.06. The molecule has 0 saturated carbocycles. The van der Waals surface area contributed by atoms with Gasteiger partial charge in [-0.15, -0.1) is 0 Å². The van der Waals surface area contributed by atoms with Crippen LogP contribution in [-0.4, -0.2) is 45.5 Å². The largest absolute Gasteiger partial charge is 0.378 e. The molecule has 6 nitrogen and oxygen atoms in total. The highest BCUT2D eigenvalue weighted by Gasteiger charge is 2.23. The summed E-state index contributed by atoms with van der Waals surface area (Å²) in [6.45, 7) is 3.69. The first-order valence-corrected chi connectivity index (χ1v) is 10.5. The van der Waals surface area contributed by atoms with E-state index < -0.39 is 10.0 Å². The van der Waals surface area contributed by atoms with E-state index in [1.54, 1.807) is 17.9 Å². The number of hydrogen-bond acceptors (Lipinski definition) is 4. The Labute approximate surface area is 168 Å². The summed E-state index contributed by atoms with van der Waals surface area (Å²) in [5, 5.41) is 0.567. The van der Waals surface area contributed by atoms with Crippen LogP contribution in [0.3, 0.4) is 0 Å². The van der Waals surface area contributed by atoms with Crippen molar-refractivity contribution >= 4 is 44.8 Å². The third-order valence-electron chi connectivity index (χ3n) is 4.22. The van der Waals surface area contributed by atoms with E-state index in [1.807, 2.05) is 0 Å². The Morgan fingerprint density at radius 2 is 1.78 bits per heavy atom. The Kier molecular flexibility index (Phi) is 5.95. The van der Waals surface area contributed by atoms with E-state index in [-0.39, 0.29) is 21.5 Å². The van der Waals surface area contributed by atoms with Crippen molar-refractivity contribution in [3.63, 3.8) is 0 Å². The molecule has 0 radical (unpaired) electrons. The lowest BCUT2D eigenvalue weighted by atomic mass is 10.1. The van der Waals surface area contributed by atoms with Crippen LogP contribution in [0.4, 0.5) is 5.69 Å². The minimum Gasteiger partial charge on any atom is -0.378 e. The molecule has 3 rings (SSSR count). The monoisotopic (exact) mass is 428 g/mol. The molecule has 1 saturated heterocycles. The van der Waals surface area contributed by atoms with Gasteiger partial charge in [0.25, 0.3) is 15.9 Å². The maximum atomic E-state index is 12.8. The summed E-state index contributed by atoms with van der Waals surface area (Å²) in [5.41, 5.74) is 1.35. The molecule has 1 aliphatic rings. The summed E-state index contributed by atoms with van der Waals surface area (Å²) < 4.78 is 33.2. The van der Waals surface area contributed by atoms with Gasteiger partial charge >= 0.3 is 0 Å². The highest BCUT2D eigenvalue weighted by atomic mass is 35.5. The Morgan fingerprint density at radius 1 is 1.07 bits per heavy atom. The molecular formula is C18H18Cl2N2O4S. The lowest BCUT2D eigenvalue weighted by molar-refractivity contribution is 0.0302. The van der Waals surface area contributed by atoms with E-state index in [4.69, 9.17) is 27.9 Å². The van der Waals surface area contributed by atoms with Gasteiger partial charge in [-0.05, 0) is 42.8 Å². The van der Waals surface area contributed by atoms with Crippen LogP contribution in [-0.2, 0) is 14.8 Å². The van der Waals surface area contributed by atoms with Crippen molar-refractivity contribution in [3.8, 4) is 0 Å². The summed E-state index contributed by atoms with van der Waals surface area (Å²) in [4.78, 5) is 14.4. The number of halogens is 2. The van der Waals surface area contributed by atoms with Crippen LogP contribution in [0.1, 0.15) is 15.9 Å². The zero-order chi connectivity index (χ0) is 19.6. The maximum absolute atomic E-state index is 12.8. The van der Waals surface area contributed by atoms with Gasteiger partial charge in [-0.25, -0.2) is 8.42 Å². The van der Waals surface area contributed by atoms with Gasteiger partial charge in [0.1, 0.15) is 0 Å². The molecule has 0 bridgehead atoms. The standard InChI is InChI=1S/C18H18Cl2N2O4S/c1-12-2-4-14(11-15(12)18(23)22-6-8-26-9-7-22)27(24,25)21-13-3-5-16(19)17(20)10-13/h2-5,10-11,21H,6-9H2,1H3. The lowest BCUT2D eigenvalue weighted by Gasteiger charge is -2.27. The van der Waals surface area contributed by atoms with Gasteiger partial charge in [-0.3, -0.25) is 9.52 Å². The van der Waals surface area contributed by atoms with Gasteiger partial charge in [0, 0.05) is 18.7 Å². The second-order valence-corrected chi connectivity index (χ2v) is 8.61. The number of nitrogens with zero attached hydrogens (tertiary/aromatic N) is 1. The van der Waals surface area contributed by atoms with Gasteiger partial charge in [0.2, 0.25) is 0 Å². The number of nitrogens with one attached hydrogen (secondary N) is 1. The first kappa shape index (κ1) is 19.9. The molecule has 2 aromatic rings. The lowest BCUT2D eigenvalue weighted by Crippen LogP contribution is -2.41. The molecule has 0 aliphatic carbocycles. The van der Waals surface area contributed by atoms with Crippen molar-refractivity contribution in [3.05, 3.63) is 57.6 Å². The molecule has 9 heteroatoms. The number of hydrogen-bond donors (Lipinski definition) is 1. The van der Waals surface area contributed by atoms with Gasteiger partial charge < -0.3 is 9.64 Å². The molecule has 1 amide bonds. The minimum atomic E-state index is -3.89. The first-order chi connectivity index (χ1) is 12.8. The number of ether oxygens (including phenoxy) is 1. The zero-order valence-corrected chi connectivity index (χ0v) is 16.9. The molecule has 144 valence electrons. The number of benzene rings is 2. The number of amides is 1.